The number of carbonyl (C=O) groups excluding carboxylic acids is 1. The fraction of sp³-hybridized carbons (Fsp3) is 0.263. The number of rotatable bonds is 6. The van der Waals surface area contributed by atoms with E-state index in [1.807, 2.05) is 49.4 Å². The Morgan fingerprint density at radius 3 is 2.54 bits per heavy atom. The van der Waals surface area contributed by atoms with E-state index in [4.69, 9.17) is 0 Å². The Morgan fingerprint density at radius 2 is 1.83 bits per heavy atom. The summed E-state index contributed by atoms with van der Waals surface area (Å²) in [6, 6.07) is 17.6. The van der Waals surface area contributed by atoms with Gasteiger partial charge in [-0.15, -0.1) is 0 Å². The number of benzene rings is 2. The average Bonchev–Trinajstić information content (AvgIpc) is 2.58. The number of hydrogen-bond donors (Lipinski definition) is 3. The highest BCUT2D eigenvalue weighted by atomic mass is 16.1. The third-order valence-electron chi connectivity index (χ3n) is 3.32. The van der Waals surface area contributed by atoms with Crippen LogP contribution in [0.25, 0.3) is 0 Å². The molecule has 2 rings (SSSR count). The first kappa shape index (κ1) is 17.5. The summed E-state index contributed by atoms with van der Waals surface area (Å²) in [6.45, 7) is 5.52. The van der Waals surface area contributed by atoms with E-state index >= 15 is 0 Å². The molecule has 0 atom stereocenters. The Bertz CT molecular complexity index is 683. The van der Waals surface area contributed by atoms with Gasteiger partial charge in [-0.3, -0.25) is 4.79 Å². The van der Waals surface area contributed by atoms with Gasteiger partial charge in [-0.25, -0.2) is 4.99 Å². The molecule has 5 nitrogen and oxygen atoms in total. The molecule has 0 saturated carbocycles. The molecule has 0 aromatic heterocycles. The lowest BCUT2D eigenvalue weighted by molar-refractivity contribution is -0.115. The first-order chi connectivity index (χ1) is 11.7. The lowest BCUT2D eigenvalue weighted by atomic mass is 10.1. The van der Waals surface area contributed by atoms with Gasteiger partial charge in [-0.2, -0.15) is 0 Å². The van der Waals surface area contributed by atoms with Crippen LogP contribution in [0.2, 0.25) is 0 Å². The Labute approximate surface area is 143 Å². The summed E-state index contributed by atoms with van der Waals surface area (Å²) in [5.74, 6) is 0.518. The molecule has 2 aromatic carbocycles. The molecule has 0 fully saturated rings. The maximum atomic E-state index is 12.0. The topological polar surface area (TPSA) is 65.5 Å². The number of hydrogen-bond acceptors (Lipinski definition) is 2. The second kappa shape index (κ2) is 9.35. The van der Waals surface area contributed by atoms with Crippen LogP contribution in [0.1, 0.15) is 18.1 Å². The summed E-state index contributed by atoms with van der Waals surface area (Å²) >= 11 is 0. The molecule has 0 spiro atoms. The molecule has 0 heterocycles. The Kier molecular flexibility index (Phi) is 6.83. The number of anilines is 1. The standard InChI is InChI=1S/C19H24N4O/c1-3-20-19(21-13-16-9-7-8-15(2)12-16)22-14-18(24)23-17-10-5-4-6-11-17/h4-12H,3,13-14H2,1-2H3,(H,23,24)(H2,20,21,22). The van der Waals surface area contributed by atoms with Gasteiger partial charge in [0, 0.05) is 12.2 Å². The van der Waals surface area contributed by atoms with Gasteiger partial charge in [0.05, 0.1) is 13.1 Å². The van der Waals surface area contributed by atoms with Gasteiger partial charge in [0.25, 0.3) is 0 Å². The minimum absolute atomic E-state index is 0.109. The summed E-state index contributed by atoms with van der Waals surface area (Å²) < 4.78 is 0. The maximum absolute atomic E-state index is 12.0. The number of carbonyl (C=O) groups is 1. The molecule has 0 unspecified atom stereocenters. The number of aryl methyl sites for hydroxylation is 1. The quantitative estimate of drug-likeness (QED) is 0.565. The SMILES string of the molecule is CCNC(=NCc1cccc(C)c1)NCC(=O)Nc1ccccc1. The van der Waals surface area contributed by atoms with Crippen molar-refractivity contribution >= 4 is 17.6 Å². The molecule has 0 aliphatic rings. The highest BCUT2D eigenvalue weighted by Crippen LogP contribution is 2.05. The van der Waals surface area contributed by atoms with Crippen molar-refractivity contribution in [2.75, 3.05) is 18.4 Å². The van der Waals surface area contributed by atoms with Crippen molar-refractivity contribution in [1.29, 1.82) is 0 Å². The van der Waals surface area contributed by atoms with E-state index in [0.717, 1.165) is 17.8 Å². The predicted octanol–water partition coefficient (Wildman–Crippen LogP) is 2.69. The molecule has 3 N–H and O–H groups in total. The molecule has 0 aliphatic heterocycles. The molecular weight excluding hydrogens is 300 g/mol. The fourth-order valence-electron chi connectivity index (χ4n) is 2.21. The third kappa shape index (κ3) is 6.12. The summed E-state index contributed by atoms with van der Waals surface area (Å²) in [5.41, 5.74) is 3.13. The van der Waals surface area contributed by atoms with Crippen molar-refractivity contribution in [2.24, 2.45) is 4.99 Å². The number of nitrogens with one attached hydrogen (secondary N) is 3. The molecular formula is C19H24N4O. The van der Waals surface area contributed by atoms with Gasteiger partial charge in [-0.05, 0) is 31.5 Å². The van der Waals surface area contributed by atoms with Crippen molar-refractivity contribution < 1.29 is 4.79 Å². The highest BCUT2D eigenvalue weighted by molar-refractivity contribution is 5.94. The number of nitrogens with zero attached hydrogens (tertiary/aromatic N) is 1. The lowest BCUT2D eigenvalue weighted by Gasteiger charge is -2.11. The molecule has 5 heteroatoms. The average molecular weight is 324 g/mol. The van der Waals surface area contributed by atoms with Crippen molar-refractivity contribution in [3.63, 3.8) is 0 Å². The Morgan fingerprint density at radius 1 is 1.04 bits per heavy atom. The van der Waals surface area contributed by atoms with Crippen LogP contribution in [0.3, 0.4) is 0 Å². The summed E-state index contributed by atoms with van der Waals surface area (Å²) in [5, 5.41) is 9.03. The Balaban J connectivity index is 1.88. The molecule has 0 radical (unpaired) electrons. The van der Waals surface area contributed by atoms with E-state index < -0.39 is 0 Å². The van der Waals surface area contributed by atoms with E-state index in [2.05, 4.69) is 40.0 Å². The molecule has 0 aliphatic carbocycles. The molecule has 24 heavy (non-hydrogen) atoms. The van der Waals surface area contributed by atoms with E-state index in [9.17, 15) is 4.79 Å². The minimum Gasteiger partial charge on any atom is -0.357 e. The summed E-state index contributed by atoms with van der Waals surface area (Å²) in [7, 11) is 0. The van der Waals surface area contributed by atoms with Gasteiger partial charge in [0.15, 0.2) is 5.96 Å². The summed E-state index contributed by atoms with van der Waals surface area (Å²) in [6.07, 6.45) is 0. The van der Waals surface area contributed by atoms with Gasteiger partial charge < -0.3 is 16.0 Å². The Hall–Kier alpha value is -2.82. The van der Waals surface area contributed by atoms with Crippen LogP contribution in [0.5, 0.6) is 0 Å². The predicted molar refractivity (Wildman–Crippen MR) is 99.1 cm³/mol. The van der Waals surface area contributed by atoms with Crippen LogP contribution >= 0.6 is 0 Å². The van der Waals surface area contributed by atoms with Crippen molar-refractivity contribution in [2.45, 2.75) is 20.4 Å². The van der Waals surface area contributed by atoms with E-state index in [1.54, 1.807) is 0 Å². The minimum atomic E-state index is -0.109. The zero-order valence-corrected chi connectivity index (χ0v) is 14.2. The third-order valence-corrected chi connectivity index (χ3v) is 3.32. The van der Waals surface area contributed by atoms with Crippen molar-refractivity contribution in [3.8, 4) is 0 Å². The largest absolute Gasteiger partial charge is 0.357 e. The van der Waals surface area contributed by atoms with E-state index in [1.165, 1.54) is 5.56 Å². The van der Waals surface area contributed by atoms with Crippen LogP contribution in [0, 0.1) is 6.92 Å². The van der Waals surface area contributed by atoms with Crippen LogP contribution in [0.4, 0.5) is 5.69 Å². The van der Waals surface area contributed by atoms with Gasteiger partial charge in [-0.1, -0.05) is 48.0 Å². The van der Waals surface area contributed by atoms with Gasteiger partial charge in [0.2, 0.25) is 5.91 Å². The lowest BCUT2D eigenvalue weighted by Crippen LogP contribution is -2.41. The second-order valence-electron chi connectivity index (χ2n) is 5.45. The second-order valence-corrected chi connectivity index (χ2v) is 5.45. The van der Waals surface area contributed by atoms with Crippen LogP contribution in [-0.4, -0.2) is 25.0 Å². The summed E-state index contributed by atoms with van der Waals surface area (Å²) in [4.78, 5) is 16.5. The first-order valence-corrected chi connectivity index (χ1v) is 8.10. The number of aliphatic imine (C=N–C) groups is 1. The number of guanidine groups is 1. The number of amides is 1. The fourth-order valence-corrected chi connectivity index (χ4v) is 2.21. The zero-order chi connectivity index (χ0) is 17.2. The monoisotopic (exact) mass is 324 g/mol. The first-order valence-electron chi connectivity index (χ1n) is 8.10. The normalized spacial score (nSPS) is 11.0. The number of para-hydroxylation sites is 1. The van der Waals surface area contributed by atoms with Crippen molar-refractivity contribution in [1.82, 2.24) is 10.6 Å². The molecule has 0 saturated heterocycles. The smallest absolute Gasteiger partial charge is 0.243 e. The molecule has 1 amide bonds. The molecule has 2 aromatic rings. The maximum Gasteiger partial charge on any atom is 0.243 e. The van der Waals surface area contributed by atoms with Crippen LogP contribution in [0.15, 0.2) is 59.6 Å². The van der Waals surface area contributed by atoms with Crippen LogP contribution < -0.4 is 16.0 Å². The zero-order valence-electron chi connectivity index (χ0n) is 14.2. The highest BCUT2D eigenvalue weighted by Gasteiger charge is 2.04. The van der Waals surface area contributed by atoms with Crippen LogP contribution in [-0.2, 0) is 11.3 Å². The van der Waals surface area contributed by atoms with E-state index in [0.29, 0.717) is 12.5 Å². The van der Waals surface area contributed by atoms with E-state index in [-0.39, 0.29) is 12.5 Å². The molecule has 126 valence electrons. The molecule has 0 bridgehead atoms. The van der Waals surface area contributed by atoms with Gasteiger partial charge >= 0.3 is 0 Å². The van der Waals surface area contributed by atoms with Gasteiger partial charge in [0.1, 0.15) is 0 Å². The van der Waals surface area contributed by atoms with Crippen molar-refractivity contribution in [3.05, 3.63) is 65.7 Å².